The molecular formula is C16H18N4OS. The normalized spacial score (nSPS) is 11.1. The maximum Gasteiger partial charge on any atom is 0.275 e. The number of hydrogen-bond acceptors (Lipinski definition) is 5. The molecule has 2 aromatic heterocycles. The van der Waals surface area contributed by atoms with E-state index in [2.05, 4.69) is 47.0 Å². The van der Waals surface area contributed by atoms with E-state index >= 15 is 0 Å². The molecular weight excluding hydrogens is 296 g/mol. The number of fused-ring (bicyclic) bond motifs is 1. The molecule has 0 aliphatic carbocycles. The van der Waals surface area contributed by atoms with Gasteiger partial charge in [0.2, 0.25) is 4.96 Å². The van der Waals surface area contributed by atoms with Crippen molar-refractivity contribution in [1.29, 1.82) is 0 Å². The van der Waals surface area contributed by atoms with Gasteiger partial charge in [0.1, 0.15) is 5.01 Å². The van der Waals surface area contributed by atoms with Crippen LogP contribution in [0.1, 0.15) is 21.8 Å². The number of aromatic nitrogens is 3. The minimum absolute atomic E-state index is 0.127. The molecule has 22 heavy (non-hydrogen) atoms. The monoisotopic (exact) mass is 314 g/mol. The fourth-order valence-corrected chi connectivity index (χ4v) is 3.10. The van der Waals surface area contributed by atoms with E-state index < -0.39 is 0 Å². The summed E-state index contributed by atoms with van der Waals surface area (Å²) in [7, 11) is 2.01. The van der Waals surface area contributed by atoms with E-state index in [4.69, 9.17) is 0 Å². The van der Waals surface area contributed by atoms with Crippen molar-refractivity contribution in [3.05, 3.63) is 56.4 Å². The lowest BCUT2D eigenvalue weighted by Gasteiger charge is -2.19. The average molecular weight is 314 g/mol. The lowest BCUT2D eigenvalue weighted by Crippen LogP contribution is -2.21. The molecule has 1 aromatic carbocycles. The Morgan fingerprint density at radius 1 is 1.18 bits per heavy atom. The molecule has 0 saturated carbocycles. The molecule has 0 aliphatic rings. The van der Waals surface area contributed by atoms with E-state index in [-0.39, 0.29) is 5.56 Å². The second-order valence-corrected chi connectivity index (χ2v) is 6.69. The topological polar surface area (TPSA) is 50.5 Å². The van der Waals surface area contributed by atoms with Crippen LogP contribution in [0.4, 0.5) is 5.69 Å². The van der Waals surface area contributed by atoms with Gasteiger partial charge in [0.15, 0.2) is 0 Å². The van der Waals surface area contributed by atoms with E-state index in [1.807, 2.05) is 14.0 Å². The molecule has 0 spiro atoms. The summed E-state index contributed by atoms with van der Waals surface area (Å²) in [5.74, 6) is 0. The standard InChI is InChI=1S/C16H18N4OS/c1-10-5-6-14(7-11(10)2)19(4)9-13-8-15(21)20-16(17-13)22-12(3)18-20/h5-8H,9H2,1-4H3. The summed E-state index contributed by atoms with van der Waals surface area (Å²) < 4.78 is 1.36. The molecule has 5 nitrogen and oxygen atoms in total. The quantitative estimate of drug-likeness (QED) is 0.746. The van der Waals surface area contributed by atoms with E-state index in [1.165, 1.54) is 27.0 Å². The molecule has 0 unspecified atom stereocenters. The maximum atomic E-state index is 12.1. The zero-order valence-electron chi connectivity index (χ0n) is 13.1. The van der Waals surface area contributed by atoms with E-state index in [1.54, 1.807) is 6.07 Å². The van der Waals surface area contributed by atoms with Crippen molar-refractivity contribution < 1.29 is 0 Å². The van der Waals surface area contributed by atoms with Crippen LogP contribution in [0.2, 0.25) is 0 Å². The van der Waals surface area contributed by atoms with Crippen LogP contribution in [0.3, 0.4) is 0 Å². The Morgan fingerprint density at radius 2 is 1.95 bits per heavy atom. The minimum atomic E-state index is -0.127. The van der Waals surface area contributed by atoms with Crippen molar-refractivity contribution in [3.8, 4) is 0 Å². The van der Waals surface area contributed by atoms with Crippen molar-refractivity contribution in [2.24, 2.45) is 0 Å². The number of benzene rings is 1. The summed E-state index contributed by atoms with van der Waals surface area (Å²) in [5, 5.41) is 5.00. The third-order valence-electron chi connectivity index (χ3n) is 3.73. The predicted octanol–water partition coefficient (Wildman–Crippen LogP) is 2.71. The smallest absolute Gasteiger partial charge is 0.275 e. The van der Waals surface area contributed by atoms with Crippen LogP contribution in [-0.4, -0.2) is 21.6 Å². The Kier molecular flexibility index (Phi) is 3.70. The van der Waals surface area contributed by atoms with Crippen LogP contribution in [-0.2, 0) is 6.54 Å². The second kappa shape index (κ2) is 5.53. The van der Waals surface area contributed by atoms with Crippen molar-refractivity contribution in [3.63, 3.8) is 0 Å². The maximum absolute atomic E-state index is 12.1. The molecule has 114 valence electrons. The number of nitrogens with zero attached hydrogens (tertiary/aromatic N) is 4. The van der Waals surface area contributed by atoms with Crippen LogP contribution in [0.25, 0.3) is 4.96 Å². The first-order valence-electron chi connectivity index (χ1n) is 7.09. The zero-order valence-corrected chi connectivity index (χ0v) is 13.9. The molecule has 0 bridgehead atoms. The highest BCUT2D eigenvalue weighted by Crippen LogP contribution is 2.19. The van der Waals surface area contributed by atoms with E-state index in [9.17, 15) is 4.79 Å². The van der Waals surface area contributed by atoms with Crippen molar-refractivity contribution >= 4 is 22.0 Å². The number of anilines is 1. The van der Waals surface area contributed by atoms with Crippen LogP contribution in [0.5, 0.6) is 0 Å². The molecule has 6 heteroatoms. The van der Waals surface area contributed by atoms with Gasteiger partial charge in [-0.05, 0) is 44.0 Å². The Labute approximate surface area is 132 Å². The SMILES string of the molecule is Cc1nn2c(=O)cc(CN(C)c3ccc(C)c(C)c3)nc2s1. The fraction of sp³-hybridized carbons (Fsp3) is 0.312. The molecule has 0 N–H and O–H groups in total. The summed E-state index contributed by atoms with van der Waals surface area (Å²) in [6, 6.07) is 7.91. The summed E-state index contributed by atoms with van der Waals surface area (Å²) in [6.45, 7) is 6.66. The van der Waals surface area contributed by atoms with Gasteiger partial charge < -0.3 is 4.90 Å². The molecule has 3 aromatic rings. The first-order valence-corrected chi connectivity index (χ1v) is 7.90. The van der Waals surface area contributed by atoms with Gasteiger partial charge in [0, 0.05) is 18.8 Å². The molecule has 0 atom stereocenters. The highest BCUT2D eigenvalue weighted by molar-refractivity contribution is 7.16. The number of hydrogen-bond donors (Lipinski definition) is 0. The van der Waals surface area contributed by atoms with Gasteiger partial charge in [-0.1, -0.05) is 17.4 Å². The van der Waals surface area contributed by atoms with Gasteiger partial charge in [0.05, 0.1) is 12.2 Å². The Bertz CT molecular complexity index is 897. The van der Waals surface area contributed by atoms with E-state index in [0.717, 1.165) is 16.4 Å². The Hall–Kier alpha value is -2.21. The third kappa shape index (κ3) is 2.74. The van der Waals surface area contributed by atoms with Gasteiger partial charge in [-0.3, -0.25) is 4.79 Å². The molecule has 0 aliphatic heterocycles. The molecule has 0 fully saturated rings. The first-order chi connectivity index (χ1) is 10.4. The Balaban J connectivity index is 1.91. The van der Waals surface area contributed by atoms with Gasteiger partial charge in [0.25, 0.3) is 5.56 Å². The third-order valence-corrected chi connectivity index (χ3v) is 4.55. The molecule has 0 amide bonds. The molecule has 0 radical (unpaired) electrons. The molecule has 0 saturated heterocycles. The lowest BCUT2D eigenvalue weighted by molar-refractivity contribution is 0.834. The van der Waals surface area contributed by atoms with E-state index in [0.29, 0.717) is 11.5 Å². The van der Waals surface area contributed by atoms with Crippen molar-refractivity contribution in [2.45, 2.75) is 27.3 Å². The summed E-state index contributed by atoms with van der Waals surface area (Å²) in [5.41, 5.74) is 4.28. The fourth-order valence-electron chi connectivity index (χ4n) is 2.33. The lowest BCUT2D eigenvalue weighted by atomic mass is 10.1. The van der Waals surface area contributed by atoms with Gasteiger partial charge >= 0.3 is 0 Å². The van der Waals surface area contributed by atoms with Crippen LogP contribution < -0.4 is 10.5 Å². The van der Waals surface area contributed by atoms with Crippen LogP contribution >= 0.6 is 11.3 Å². The Morgan fingerprint density at radius 3 is 2.68 bits per heavy atom. The highest BCUT2D eigenvalue weighted by atomic mass is 32.1. The highest BCUT2D eigenvalue weighted by Gasteiger charge is 2.09. The predicted molar refractivity (Wildman–Crippen MR) is 89.9 cm³/mol. The molecule has 2 heterocycles. The van der Waals surface area contributed by atoms with Crippen LogP contribution in [0.15, 0.2) is 29.1 Å². The minimum Gasteiger partial charge on any atom is -0.369 e. The molecule has 3 rings (SSSR count). The van der Waals surface area contributed by atoms with Crippen molar-refractivity contribution in [1.82, 2.24) is 14.6 Å². The summed E-state index contributed by atoms with van der Waals surface area (Å²) >= 11 is 1.43. The zero-order chi connectivity index (χ0) is 15.9. The second-order valence-electron chi connectivity index (χ2n) is 5.53. The number of aryl methyl sites for hydroxylation is 3. The summed E-state index contributed by atoms with van der Waals surface area (Å²) in [6.07, 6.45) is 0. The number of rotatable bonds is 3. The summed E-state index contributed by atoms with van der Waals surface area (Å²) in [4.78, 5) is 19.4. The van der Waals surface area contributed by atoms with Gasteiger partial charge in [-0.25, -0.2) is 4.98 Å². The first kappa shape index (κ1) is 14.7. The van der Waals surface area contributed by atoms with Gasteiger partial charge in [-0.2, -0.15) is 9.61 Å². The largest absolute Gasteiger partial charge is 0.369 e. The van der Waals surface area contributed by atoms with Crippen LogP contribution in [0, 0.1) is 20.8 Å². The van der Waals surface area contributed by atoms with Crippen molar-refractivity contribution in [2.75, 3.05) is 11.9 Å². The average Bonchev–Trinajstić information content (AvgIpc) is 2.83. The van der Waals surface area contributed by atoms with Gasteiger partial charge in [-0.15, -0.1) is 0 Å².